The lowest BCUT2D eigenvalue weighted by Crippen LogP contribution is -2.29. The average molecular weight is 534 g/mol. The minimum atomic E-state index is -1.05. The monoisotopic (exact) mass is 532 g/mol. The van der Waals surface area contributed by atoms with Gasteiger partial charge in [0.15, 0.2) is 5.13 Å². The Morgan fingerprint density at radius 1 is 0.971 bits per heavy atom. The standard InChI is InChI=1S/C24H12Cl3FN2O3S/c25-13-4-8-17-18(10-13)34-24(29-17)30-20(12-3-7-15(26)16(27)9-12)19(22(32)23(30)33)21(31)11-1-5-14(28)6-2-11/h1-10,20,31H/b21-19+. The summed E-state index contributed by atoms with van der Waals surface area (Å²) >= 11 is 19.6. The Balaban J connectivity index is 1.74. The number of hydrogen-bond donors (Lipinski definition) is 1. The summed E-state index contributed by atoms with van der Waals surface area (Å²) in [6.45, 7) is 0. The number of thiazole rings is 1. The van der Waals surface area contributed by atoms with Crippen molar-refractivity contribution in [2.24, 2.45) is 0 Å². The first-order valence-corrected chi connectivity index (χ1v) is 11.8. The van der Waals surface area contributed by atoms with Crippen LogP contribution in [0.2, 0.25) is 15.1 Å². The average Bonchev–Trinajstić information content (AvgIpc) is 3.33. The molecule has 3 aromatic carbocycles. The molecule has 1 N–H and O–H groups in total. The molecule has 0 bridgehead atoms. The Kier molecular flexibility index (Phi) is 5.81. The number of aliphatic hydroxyl groups excluding tert-OH is 1. The molecule has 10 heteroatoms. The third-order valence-electron chi connectivity index (χ3n) is 5.37. The van der Waals surface area contributed by atoms with Crippen LogP contribution < -0.4 is 4.90 Å². The van der Waals surface area contributed by atoms with E-state index in [1.807, 2.05) is 0 Å². The van der Waals surface area contributed by atoms with Crippen LogP contribution in [-0.2, 0) is 9.59 Å². The fourth-order valence-corrected chi connectivity index (χ4v) is 5.36. The fourth-order valence-electron chi connectivity index (χ4n) is 3.78. The summed E-state index contributed by atoms with van der Waals surface area (Å²) in [5, 5.41) is 12.3. The summed E-state index contributed by atoms with van der Waals surface area (Å²) in [5.41, 5.74) is 1.04. The number of hydrogen-bond acceptors (Lipinski definition) is 5. The molecule has 0 radical (unpaired) electrons. The maximum absolute atomic E-state index is 13.4. The van der Waals surface area contributed by atoms with Gasteiger partial charge in [-0.05, 0) is 60.2 Å². The number of carbonyl (C=O) groups is 2. The SMILES string of the molecule is O=C1C(=O)N(c2nc3ccc(Cl)cc3s2)C(c2ccc(Cl)c(Cl)c2)/C1=C(\O)c1ccc(F)cc1. The summed E-state index contributed by atoms with van der Waals surface area (Å²) in [6.07, 6.45) is 0. The van der Waals surface area contributed by atoms with Crippen molar-refractivity contribution in [3.63, 3.8) is 0 Å². The first-order chi connectivity index (χ1) is 16.2. The highest BCUT2D eigenvalue weighted by Gasteiger charge is 2.48. The molecule has 0 aliphatic carbocycles. The second-order valence-corrected chi connectivity index (χ2v) is 9.72. The molecule has 4 aromatic rings. The number of aromatic nitrogens is 1. The number of halogens is 4. The van der Waals surface area contributed by atoms with Gasteiger partial charge in [0, 0.05) is 10.6 Å². The minimum Gasteiger partial charge on any atom is -0.507 e. The minimum absolute atomic E-state index is 0.174. The molecule has 5 rings (SSSR count). The van der Waals surface area contributed by atoms with Gasteiger partial charge in [-0.2, -0.15) is 0 Å². The van der Waals surface area contributed by atoms with Crippen LogP contribution >= 0.6 is 46.1 Å². The Labute approximate surface area is 211 Å². The first kappa shape index (κ1) is 22.8. The number of amides is 1. The molecule has 1 unspecified atom stereocenters. The van der Waals surface area contributed by atoms with Gasteiger partial charge in [-0.25, -0.2) is 9.37 Å². The van der Waals surface area contributed by atoms with Gasteiger partial charge in [0.1, 0.15) is 11.6 Å². The number of ketones is 1. The molecule has 1 aromatic heterocycles. The van der Waals surface area contributed by atoms with Crippen molar-refractivity contribution in [3.05, 3.63) is 98.2 Å². The number of aliphatic hydroxyl groups is 1. The zero-order valence-electron chi connectivity index (χ0n) is 16.9. The summed E-state index contributed by atoms with van der Waals surface area (Å²) in [7, 11) is 0. The molecule has 1 aliphatic heterocycles. The number of Topliss-reactive ketones (excluding diaryl/α,β-unsaturated/α-hetero) is 1. The van der Waals surface area contributed by atoms with Crippen LogP contribution in [-0.4, -0.2) is 21.8 Å². The largest absolute Gasteiger partial charge is 0.507 e. The van der Waals surface area contributed by atoms with Gasteiger partial charge in [0.2, 0.25) is 0 Å². The van der Waals surface area contributed by atoms with E-state index in [1.165, 1.54) is 40.5 Å². The highest BCUT2D eigenvalue weighted by Crippen LogP contribution is 2.45. The van der Waals surface area contributed by atoms with E-state index in [-0.39, 0.29) is 26.3 Å². The maximum Gasteiger partial charge on any atom is 0.301 e. The normalized spacial score (nSPS) is 17.6. The van der Waals surface area contributed by atoms with Crippen molar-refractivity contribution in [1.29, 1.82) is 0 Å². The number of anilines is 1. The van der Waals surface area contributed by atoms with Gasteiger partial charge < -0.3 is 5.11 Å². The molecule has 2 heterocycles. The quantitative estimate of drug-likeness (QED) is 0.174. The zero-order chi connectivity index (χ0) is 24.1. The Bertz CT molecular complexity index is 1520. The molecule has 0 spiro atoms. The highest BCUT2D eigenvalue weighted by molar-refractivity contribution is 7.22. The van der Waals surface area contributed by atoms with E-state index in [2.05, 4.69) is 4.98 Å². The molecule has 1 fully saturated rings. The van der Waals surface area contributed by atoms with Crippen LogP contribution in [0, 0.1) is 5.82 Å². The van der Waals surface area contributed by atoms with Crippen LogP contribution in [0.1, 0.15) is 17.2 Å². The van der Waals surface area contributed by atoms with Crippen molar-refractivity contribution in [3.8, 4) is 0 Å². The maximum atomic E-state index is 13.4. The van der Waals surface area contributed by atoms with Crippen LogP contribution in [0.3, 0.4) is 0 Å². The number of fused-ring (bicyclic) bond motifs is 1. The van der Waals surface area contributed by atoms with Gasteiger partial charge in [0.25, 0.3) is 5.78 Å². The van der Waals surface area contributed by atoms with E-state index in [9.17, 15) is 19.1 Å². The Morgan fingerprint density at radius 3 is 2.41 bits per heavy atom. The van der Waals surface area contributed by atoms with Gasteiger partial charge in [0.05, 0.1) is 31.9 Å². The molecule has 0 saturated carbocycles. The molecule has 170 valence electrons. The molecule has 1 amide bonds. The lowest BCUT2D eigenvalue weighted by molar-refractivity contribution is -0.132. The molecule has 1 aliphatic rings. The lowest BCUT2D eigenvalue weighted by atomic mass is 9.95. The van der Waals surface area contributed by atoms with E-state index in [0.717, 1.165) is 16.8 Å². The van der Waals surface area contributed by atoms with E-state index in [0.29, 0.717) is 16.1 Å². The number of nitrogens with zero attached hydrogens (tertiary/aromatic N) is 2. The summed E-state index contributed by atoms with van der Waals surface area (Å²) < 4.78 is 14.2. The van der Waals surface area contributed by atoms with E-state index in [1.54, 1.807) is 24.3 Å². The van der Waals surface area contributed by atoms with Crippen LogP contribution in [0.5, 0.6) is 0 Å². The van der Waals surface area contributed by atoms with Crippen molar-refractivity contribution in [1.82, 2.24) is 4.98 Å². The number of carbonyl (C=O) groups excluding carboxylic acids is 2. The van der Waals surface area contributed by atoms with Gasteiger partial charge in [-0.1, -0.05) is 52.2 Å². The van der Waals surface area contributed by atoms with Gasteiger partial charge in [-0.15, -0.1) is 0 Å². The van der Waals surface area contributed by atoms with Crippen molar-refractivity contribution in [2.45, 2.75) is 6.04 Å². The second kappa shape index (κ2) is 8.67. The summed E-state index contributed by atoms with van der Waals surface area (Å²) in [4.78, 5) is 32.2. The molecular formula is C24H12Cl3FN2O3S. The summed E-state index contributed by atoms with van der Waals surface area (Å²) in [5.74, 6) is -2.73. The number of rotatable bonds is 3. The predicted octanol–water partition coefficient (Wildman–Crippen LogP) is 7.02. The van der Waals surface area contributed by atoms with E-state index in [4.69, 9.17) is 34.8 Å². The van der Waals surface area contributed by atoms with Crippen molar-refractivity contribution >= 4 is 78.9 Å². The molecule has 5 nitrogen and oxygen atoms in total. The Morgan fingerprint density at radius 2 is 1.71 bits per heavy atom. The second-order valence-electron chi connectivity index (χ2n) is 7.46. The summed E-state index contributed by atoms with van der Waals surface area (Å²) in [6, 6.07) is 13.7. The predicted molar refractivity (Wildman–Crippen MR) is 132 cm³/mol. The van der Waals surface area contributed by atoms with Gasteiger partial charge in [-0.3, -0.25) is 14.5 Å². The van der Waals surface area contributed by atoms with E-state index >= 15 is 0 Å². The topological polar surface area (TPSA) is 70.5 Å². The third kappa shape index (κ3) is 3.84. The van der Waals surface area contributed by atoms with Crippen LogP contribution in [0.25, 0.3) is 16.0 Å². The molecule has 34 heavy (non-hydrogen) atoms. The number of benzene rings is 3. The lowest BCUT2D eigenvalue weighted by Gasteiger charge is -2.23. The molecule has 1 atom stereocenters. The first-order valence-electron chi connectivity index (χ1n) is 9.82. The van der Waals surface area contributed by atoms with E-state index < -0.39 is 29.3 Å². The van der Waals surface area contributed by atoms with Gasteiger partial charge >= 0.3 is 5.91 Å². The van der Waals surface area contributed by atoms with Crippen molar-refractivity contribution in [2.75, 3.05) is 4.90 Å². The zero-order valence-corrected chi connectivity index (χ0v) is 20.0. The highest BCUT2D eigenvalue weighted by atomic mass is 35.5. The van der Waals surface area contributed by atoms with Crippen molar-refractivity contribution < 1.29 is 19.1 Å². The molecule has 1 saturated heterocycles. The van der Waals surface area contributed by atoms with Crippen LogP contribution in [0.15, 0.2) is 66.2 Å². The third-order valence-corrected chi connectivity index (χ3v) is 7.36. The Hall–Kier alpha value is -2.97. The van der Waals surface area contributed by atoms with Crippen LogP contribution in [0.4, 0.5) is 9.52 Å². The fraction of sp³-hybridized carbons (Fsp3) is 0.0417. The molecular weight excluding hydrogens is 522 g/mol. The smallest absolute Gasteiger partial charge is 0.301 e.